The molecule has 0 saturated carbocycles. The summed E-state index contributed by atoms with van der Waals surface area (Å²) in [5.74, 6) is -1.50. The lowest BCUT2D eigenvalue weighted by atomic mass is 10.2. The van der Waals surface area contributed by atoms with Crippen LogP contribution in [0.2, 0.25) is 0 Å². The van der Waals surface area contributed by atoms with E-state index in [0.717, 1.165) is 17.0 Å². The number of amides is 2. The first-order chi connectivity index (χ1) is 9.29. The van der Waals surface area contributed by atoms with Gasteiger partial charge >= 0.3 is 12.0 Å². The fraction of sp³-hybridized carbons (Fsp3) is 0.500. The first-order valence-electron chi connectivity index (χ1n) is 6.45. The Bertz CT molecular complexity index is 482. The molecule has 0 saturated heterocycles. The van der Waals surface area contributed by atoms with Gasteiger partial charge in [-0.2, -0.15) is 0 Å². The number of carbonyl (C=O) groups is 2. The van der Waals surface area contributed by atoms with Crippen molar-refractivity contribution < 1.29 is 14.7 Å². The molecule has 0 fully saturated rings. The molecule has 6 heteroatoms. The maximum absolute atomic E-state index is 11.9. The minimum Gasteiger partial charge on any atom is -0.481 e. The number of urea groups is 1. The predicted octanol–water partition coefficient (Wildman–Crippen LogP) is 1.56. The van der Waals surface area contributed by atoms with Gasteiger partial charge in [-0.3, -0.25) is 9.78 Å². The third-order valence-corrected chi connectivity index (χ3v) is 2.90. The number of aromatic nitrogens is 1. The predicted molar refractivity (Wildman–Crippen MR) is 75.4 cm³/mol. The molecule has 0 aliphatic carbocycles. The second-order valence-electron chi connectivity index (χ2n) is 5.04. The van der Waals surface area contributed by atoms with Gasteiger partial charge in [0.15, 0.2) is 0 Å². The van der Waals surface area contributed by atoms with Crippen LogP contribution in [0.25, 0.3) is 0 Å². The van der Waals surface area contributed by atoms with Crippen molar-refractivity contribution in [1.82, 2.24) is 15.2 Å². The second kappa shape index (κ2) is 6.88. The molecule has 0 aliphatic rings. The van der Waals surface area contributed by atoms with E-state index in [1.54, 1.807) is 14.0 Å². The van der Waals surface area contributed by atoms with E-state index >= 15 is 0 Å². The van der Waals surface area contributed by atoms with Gasteiger partial charge in [0.05, 0.1) is 5.92 Å². The molecule has 20 heavy (non-hydrogen) atoms. The van der Waals surface area contributed by atoms with E-state index in [4.69, 9.17) is 5.11 Å². The highest BCUT2D eigenvalue weighted by Gasteiger charge is 2.17. The zero-order valence-corrected chi connectivity index (χ0v) is 12.3. The number of pyridine rings is 1. The van der Waals surface area contributed by atoms with Gasteiger partial charge in [0.25, 0.3) is 0 Å². The van der Waals surface area contributed by atoms with E-state index < -0.39 is 11.9 Å². The maximum atomic E-state index is 11.9. The van der Waals surface area contributed by atoms with Crippen molar-refractivity contribution in [2.75, 3.05) is 13.6 Å². The number of carboxylic acid groups (broad SMARTS) is 1. The van der Waals surface area contributed by atoms with Crippen LogP contribution >= 0.6 is 0 Å². The fourth-order valence-corrected chi connectivity index (χ4v) is 1.91. The SMILES string of the molecule is Cc1cc(CNC(=O)N(C)CC(C)C(=O)O)cc(C)n1. The van der Waals surface area contributed by atoms with Crippen LogP contribution in [0.3, 0.4) is 0 Å². The van der Waals surface area contributed by atoms with E-state index in [-0.39, 0.29) is 12.6 Å². The van der Waals surface area contributed by atoms with Crippen LogP contribution in [-0.2, 0) is 11.3 Å². The molecule has 0 radical (unpaired) electrons. The minimum atomic E-state index is -0.912. The van der Waals surface area contributed by atoms with Crippen LogP contribution in [0, 0.1) is 19.8 Å². The van der Waals surface area contributed by atoms with Crippen LogP contribution in [0.1, 0.15) is 23.9 Å². The maximum Gasteiger partial charge on any atom is 0.317 e. The highest BCUT2D eigenvalue weighted by molar-refractivity contribution is 5.75. The Morgan fingerprint density at radius 1 is 1.35 bits per heavy atom. The number of carbonyl (C=O) groups excluding carboxylic acids is 1. The normalized spacial score (nSPS) is 11.8. The van der Waals surface area contributed by atoms with Gasteiger partial charge in [-0.1, -0.05) is 6.92 Å². The Kier molecular flexibility index (Phi) is 5.49. The molecule has 1 aromatic rings. The number of rotatable bonds is 5. The lowest BCUT2D eigenvalue weighted by molar-refractivity contribution is -0.141. The quantitative estimate of drug-likeness (QED) is 0.857. The number of hydrogen-bond acceptors (Lipinski definition) is 3. The molecular formula is C14H21N3O3. The van der Waals surface area contributed by atoms with Gasteiger partial charge < -0.3 is 15.3 Å². The summed E-state index contributed by atoms with van der Waals surface area (Å²) in [6.07, 6.45) is 0. The van der Waals surface area contributed by atoms with Gasteiger partial charge in [0, 0.05) is 31.5 Å². The van der Waals surface area contributed by atoms with E-state index in [1.807, 2.05) is 26.0 Å². The highest BCUT2D eigenvalue weighted by atomic mass is 16.4. The van der Waals surface area contributed by atoms with E-state index in [0.29, 0.717) is 6.54 Å². The summed E-state index contributed by atoms with van der Waals surface area (Å²) in [6, 6.07) is 3.53. The Hall–Kier alpha value is -2.11. The molecule has 0 aliphatic heterocycles. The third-order valence-electron chi connectivity index (χ3n) is 2.90. The van der Waals surface area contributed by atoms with Crippen LogP contribution < -0.4 is 5.32 Å². The van der Waals surface area contributed by atoms with Gasteiger partial charge in [-0.05, 0) is 31.5 Å². The average Bonchev–Trinajstić information content (AvgIpc) is 2.34. The van der Waals surface area contributed by atoms with Crippen molar-refractivity contribution in [2.24, 2.45) is 5.92 Å². The van der Waals surface area contributed by atoms with Gasteiger partial charge in [-0.15, -0.1) is 0 Å². The molecule has 0 bridgehead atoms. The molecule has 110 valence electrons. The molecule has 1 aromatic heterocycles. The van der Waals surface area contributed by atoms with Crippen molar-refractivity contribution >= 4 is 12.0 Å². The number of nitrogens with one attached hydrogen (secondary N) is 1. The summed E-state index contributed by atoms with van der Waals surface area (Å²) in [5, 5.41) is 11.6. The smallest absolute Gasteiger partial charge is 0.317 e. The molecule has 0 spiro atoms. The summed E-state index contributed by atoms with van der Waals surface area (Å²) in [6.45, 7) is 5.95. The molecule has 1 rings (SSSR count). The van der Waals surface area contributed by atoms with Crippen LogP contribution in [0.15, 0.2) is 12.1 Å². The van der Waals surface area contributed by atoms with Crippen LogP contribution in [0.5, 0.6) is 0 Å². The van der Waals surface area contributed by atoms with Crippen molar-refractivity contribution in [3.05, 3.63) is 29.1 Å². The summed E-state index contributed by atoms with van der Waals surface area (Å²) in [4.78, 5) is 28.2. The zero-order chi connectivity index (χ0) is 15.3. The van der Waals surface area contributed by atoms with Crippen molar-refractivity contribution in [1.29, 1.82) is 0 Å². The minimum absolute atomic E-state index is 0.176. The Morgan fingerprint density at radius 2 is 1.90 bits per heavy atom. The lowest BCUT2D eigenvalue weighted by Crippen LogP contribution is -2.40. The van der Waals surface area contributed by atoms with E-state index in [9.17, 15) is 9.59 Å². The fourth-order valence-electron chi connectivity index (χ4n) is 1.91. The summed E-state index contributed by atoms with van der Waals surface area (Å²) >= 11 is 0. The standard InChI is InChI=1S/C14H21N3O3/c1-9(13(18)19)8-17(4)14(20)15-7-12-5-10(2)16-11(3)6-12/h5-6,9H,7-8H2,1-4H3,(H,15,20)(H,18,19). The molecule has 1 heterocycles. The first kappa shape index (κ1) is 15.9. The summed E-state index contributed by atoms with van der Waals surface area (Å²) in [7, 11) is 1.58. The molecule has 2 amide bonds. The third kappa shape index (κ3) is 4.87. The molecule has 1 atom stereocenters. The Labute approximate surface area is 118 Å². The summed E-state index contributed by atoms with van der Waals surface area (Å²) in [5.41, 5.74) is 2.78. The number of hydrogen-bond donors (Lipinski definition) is 2. The monoisotopic (exact) mass is 279 g/mol. The molecule has 2 N–H and O–H groups in total. The van der Waals surface area contributed by atoms with Gasteiger partial charge in [-0.25, -0.2) is 4.79 Å². The molecule has 0 aromatic carbocycles. The van der Waals surface area contributed by atoms with Crippen molar-refractivity contribution in [3.8, 4) is 0 Å². The van der Waals surface area contributed by atoms with Gasteiger partial charge in [0.2, 0.25) is 0 Å². The number of carboxylic acids is 1. The lowest BCUT2D eigenvalue weighted by Gasteiger charge is -2.20. The number of aryl methyl sites for hydroxylation is 2. The second-order valence-corrected chi connectivity index (χ2v) is 5.04. The Balaban J connectivity index is 2.52. The molecular weight excluding hydrogens is 258 g/mol. The first-order valence-corrected chi connectivity index (χ1v) is 6.45. The summed E-state index contributed by atoms with van der Waals surface area (Å²) < 4.78 is 0. The van der Waals surface area contributed by atoms with E-state index in [1.165, 1.54) is 4.90 Å². The van der Waals surface area contributed by atoms with Crippen molar-refractivity contribution in [2.45, 2.75) is 27.3 Å². The van der Waals surface area contributed by atoms with E-state index in [2.05, 4.69) is 10.3 Å². The largest absolute Gasteiger partial charge is 0.481 e. The average molecular weight is 279 g/mol. The van der Waals surface area contributed by atoms with Crippen LogP contribution in [0.4, 0.5) is 4.79 Å². The number of aliphatic carboxylic acids is 1. The Morgan fingerprint density at radius 3 is 2.40 bits per heavy atom. The molecule has 1 unspecified atom stereocenters. The van der Waals surface area contributed by atoms with Gasteiger partial charge in [0.1, 0.15) is 0 Å². The zero-order valence-electron chi connectivity index (χ0n) is 12.3. The molecule has 6 nitrogen and oxygen atoms in total. The van der Waals surface area contributed by atoms with Crippen LogP contribution in [-0.4, -0.2) is 40.6 Å². The highest BCUT2D eigenvalue weighted by Crippen LogP contribution is 2.05. The van der Waals surface area contributed by atoms with Crippen molar-refractivity contribution in [3.63, 3.8) is 0 Å². The topological polar surface area (TPSA) is 82.5 Å². The number of nitrogens with zero attached hydrogens (tertiary/aromatic N) is 2.